The van der Waals surface area contributed by atoms with Crippen molar-refractivity contribution in [2.24, 2.45) is 5.73 Å². The van der Waals surface area contributed by atoms with E-state index in [1.807, 2.05) is 0 Å². The van der Waals surface area contributed by atoms with Gasteiger partial charge in [-0.15, -0.1) is 0 Å². The molecule has 164 valence electrons. The zero-order valence-corrected chi connectivity index (χ0v) is 17.4. The Balaban J connectivity index is 1.68. The van der Waals surface area contributed by atoms with Crippen molar-refractivity contribution in [2.45, 2.75) is 18.1 Å². The average molecular weight is 455 g/mol. The number of anilines is 1. The summed E-state index contributed by atoms with van der Waals surface area (Å²) in [6, 6.07) is 8.74. The smallest absolute Gasteiger partial charge is 0.316 e. The number of urea groups is 1. The largest absolute Gasteiger partial charge is 0.391 e. The minimum atomic E-state index is -1.61. The van der Waals surface area contributed by atoms with Crippen LogP contribution in [0.25, 0.3) is 5.69 Å². The molecule has 11 heteroatoms. The van der Waals surface area contributed by atoms with Gasteiger partial charge >= 0.3 is 6.03 Å². The molecule has 2 aromatic heterocycles. The summed E-state index contributed by atoms with van der Waals surface area (Å²) in [5.41, 5.74) is 4.86. The zero-order chi connectivity index (χ0) is 22.9. The van der Waals surface area contributed by atoms with Gasteiger partial charge in [0.25, 0.3) is 11.5 Å². The molecule has 3 heterocycles. The number of aliphatic hydroxyl groups is 1. The fourth-order valence-electron chi connectivity index (χ4n) is 3.86. The third-order valence-electron chi connectivity index (χ3n) is 5.31. The number of primary amides is 1. The van der Waals surface area contributed by atoms with Gasteiger partial charge in [-0.1, -0.05) is 11.6 Å². The van der Waals surface area contributed by atoms with E-state index >= 15 is 0 Å². The molecule has 3 amide bonds. The predicted octanol–water partition coefficient (Wildman–Crippen LogP) is 1.26. The highest BCUT2D eigenvalue weighted by Gasteiger charge is 2.55. The number of carbonyl (C=O) groups excluding carboxylic acids is 2. The molecule has 0 bridgehead atoms. The fourth-order valence-corrected chi connectivity index (χ4v) is 3.97. The summed E-state index contributed by atoms with van der Waals surface area (Å²) in [6.07, 6.45) is 4.53. The molecule has 4 rings (SSSR count). The maximum absolute atomic E-state index is 13.5. The normalized spacial score (nSPS) is 20.2. The van der Waals surface area contributed by atoms with Crippen molar-refractivity contribution in [2.75, 3.05) is 11.9 Å². The van der Waals surface area contributed by atoms with Crippen molar-refractivity contribution in [3.63, 3.8) is 0 Å². The van der Waals surface area contributed by atoms with Gasteiger partial charge in [-0.2, -0.15) is 0 Å². The molecule has 0 spiro atoms. The van der Waals surface area contributed by atoms with Crippen molar-refractivity contribution in [3.05, 3.63) is 82.3 Å². The van der Waals surface area contributed by atoms with Crippen molar-refractivity contribution in [1.29, 1.82) is 0 Å². The minimum absolute atomic E-state index is 0.0824. The number of aromatic nitrogens is 3. The second-order valence-corrected chi connectivity index (χ2v) is 7.75. The number of β-amino-alcohol motifs (C(OH)–C–C–N with tert-alkyl or cyclic N) is 1. The average Bonchev–Trinajstić information content (AvgIpc) is 3.14. The van der Waals surface area contributed by atoms with E-state index in [2.05, 4.69) is 15.3 Å². The maximum atomic E-state index is 13.5. The maximum Gasteiger partial charge on any atom is 0.316 e. The lowest BCUT2D eigenvalue weighted by molar-refractivity contribution is -0.126. The van der Waals surface area contributed by atoms with Gasteiger partial charge in [0.05, 0.1) is 23.0 Å². The van der Waals surface area contributed by atoms with Crippen molar-refractivity contribution >= 4 is 29.2 Å². The third-order valence-corrected chi connectivity index (χ3v) is 5.53. The first-order valence-electron chi connectivity index (χ1n) is 9.63. The van der Waals surface area contributed by atoms with Crippen LogP contribution in [0.15, 0.2) is 66.0 Å². The highest BCUT2D eigenvalue weighted by Crippen LogP contribution is 2.39. The summed E-state index contributed by atoms with van der Waals surface area (Å²) >= 11 is 5.93. The first kappa shape index (κ1) is 21.5. The van der Waals surface area contributed by atoms with Gasteiger partial charge in [0.2, 0.25) is 0 Å². The van der Waals surface area contributed by atoms with E-state index in [0.29, 0.717) is 16.4 Å². The lowest BCUT2D eigenvalue weighted by Gasteiger charge is -2.35. The van der Waals surface area contributed by atoms with E-state index in [1.165, 1.54) is 35.4 Å². The number of rotatable bonds is 4. The summed E-state index contributed by atoms with van der Waals surface area (Å²) in [6.45, 7) is -0.114. The van der Waals surface area contributed by atoms with Crippen LogP contribution in [-0.4, -0.2) is 49.1 Å². The van der Waals surface area contributed by atoms with Gasteiger partial charge in [0, 0.05) is 42.9 Å². The Hall–Kier alpha value is -3.76. The molecule has 2 atom stereocenters. The van der Waals surface area contributed by atoms with Gasteiger partial charge in [0.15, 0.2) is 5.54 Å². The molecular weight excluding hydrogens is 436 g/mol. The zero-order valence-electron chi connectivity index (χ0n) is 16.7. The van der Waals surface area contributed by atoms with E-state index in [9.17, 15) is 19.5 Å². The van der Waals surface area contributed by atoms with Gasteiger partial charge in [-0.05, 0) is 36.4 Å². The Morgan fingerprint density at radius 3 is 2.56 bits per heavy atom. The van der Waals surface area contributed by atoms with Crippen LogP contribution >= 0.6 is 11.6 Å². The number of nitrogens with one attached hydrogen (secondary N) is 1. The molecule has 32 heavy (non-hydrogen) atoms. The van der Waals surface area contributed by atoms with Crippen molar-refractivity contribution in [1.82, 2.24) is 19.4 Å². The Kier molecular flexibility index (Phi) is 5.64. The molecule has 4 N–H and O–H groups in total. The number of amides is 3. The second kappa shape index (κ2) is 8.40. The molecule has 3 aromatic rings. The molecule has 0 aliphatic carbocycles. The quantitative estimate of drug-likeness (QED) is 0.541. The van der Waals surface area contributed by atoms with E-state index in [0.717, 1.165) is 4.90 Å². The van der Waals surface area contributed by atoms with E-state index < -0.39 is 23.6 Å². The Bertz CT molecular complexity index is 1210. The fraction of sp³-hybridized carbons (Fsp3) is 0.190. The van der Waals surface area contributed by atoms with Gasteiger partial charge in [0.1, 0.15) is 0 Å². The molecule has 0 unspecified atom stereocenters. The summed E-state index contributed by atoms with van der Waals surface area (Å²) in [7, 11) is 0. The molecule has 1 aliphatic rings. The van der Waals surface area contributed by atoms with Crippen molar-refractivity contribution in [3.8, 4) is 5.69 Å². The van der Waals surface area contributed by atoms with Gasteiger partial charge < -0.3 is 21.1 Å². The van der Waals surface area contributed by atoms with Crippen LogP contribution in [0.5, 0.6) is 0 Å². The van der Waals surface area contributed by atoms with Crippen LogP contribution in [0.4, 0.5) is 10.5 Å². The number of nitrogens with zero attached hydrogens (tertiary/aromatic N) is 4. The summed E-state index contributed by atoms with van der Waals surface area (Å²) in [4.78, 5) is 46.7. The monoisotopic (exact) mass is 454 g/mol. The summed E-state index contributed by atoms with van der Waals surface area (Å²) < 4.78 is 1.40. The molecule has 1 saturated heterocycles. The number of aliphatic hydroxyl groups excluding tert-OH is 1. The van der Waals surface area contributed by atoms with Crippen LogP contribution in [0.1, 0.15) is 12.1 Å². The number of nitrogens with two attached hydrogens (primary N) is 1. The summed E-state index contributed by atoms with van der Waals surface area (Å²) in [5.74, 6) is -0.587. The number of hydrogen-bond donors (Lipinski definition) is 3. The molecule has 1 aliphatic heterocycles. The van der Waals surface area contributed by atoms with Crippen LogP contribution < -0.4 is 16.6 Å². The molecule has 0 saturated carbocycles. The predicted molar refractivity (Wildman–Crippen MR) is 116 cm³/mol. The summed E-state index contributed by atoms with van der Waals surface area (Å²) in [5, 5.41) is 13.4. The van der Waals surface area contributed by atoms with Crippen LogP contribution in [0.3, 0.4) is 0 Å². The lowest BCUT2D eigenvalue weighted by atomic mass is 9.89. The molecule has 10 nitrogen and oxygen atoms in total. The Morgan fingerprint density at radius 2 is 1.94 bits per heavy atom. The second-order valence-electron chi connectivity index (χ2n) is 7.31. The SMILES string of the molecule is NC(=O)N1C[C@H](O)C[C@]1(C(=O)Nc1ccc(-n2ccncc2=O)cc1)c1ccc(Cl)cn1. The van der Waals surface area contributed by atoms with Gasteiger partial charge in [-0.3, -0.25) is 24.1 Å². The lowest BCUT2D eigenvalue weighted by Crippen LogP contribution is -2.55. The molecule has 1 aromatic carbocycles. The standard InChI is InChI=1S/C21H19ClN6O4/c22-13-1-6-17(25-10-13)21(9-16(29)12-28(21)20(23)32)19(31)26-14-2-4-15(5-3-14)27-8-7-24-11-18(27)30/h1-8,10-11,16,29H,9,12H2,(H2,23,32)(H,26,31)/t16-,21-/m1/s1. The van der Waals surface area contributed by atoms with Gasteiger partial charge in [-0.25, -0.2) is 4.79 Å². The Morgan fingerprint density at radius 1 is 1.19 bits per heavy atom. The number of likely N-dealkylation sites (tertiary alicyclic amines) is 1. The number of carbonyl (C=O) groups is 2. The van der Waals surface area contributed by atoms with E-state index in [1.54, 1.807) is 30.3 Å². The van der Waals surface area contributed by atoms with E-state index in [4.69, 9.17) is 17.3 Å². The highest BCUT2D eigenvalue weighted by atomic mass is 35.5. The molecular formula is C21H19ClN6O4. The molecule has 1 fully saturated rings. The van der Waals surface area contributed by atoms with Crippen LogP contribution in [0, 0.1) is 0 Å². The number of benzene rings is 1. The number of halogens is 1. The minimum Gasteiger partial charge on any atom is -0.391 e. The highest BCUT2D eigenvalue weighted by molar-refractivity contribution is 6.30. The third kappa shape index (κ3) is 3.81. The Labute approximate surface area is 187 Å². The number of hydrogen-bond acceptors (Lipinski definition) is 6. The van der Waals surface area contributed by atoms with Crippen molar-refractivity contribution < 1.29 is 14.7 Å². The van der Waals surface area contributed by atoms with E-state index in [-0.39, 0.29) is 24.2 Å². The first-order chi connectivity index (χ1) is 15.3. The van der Waals surface area contributed by atoms with Crippen LogP contribution in [0.2, 0.25) is 5.02 Å². The van der Waals surface area contributed by atoms with Crippen LogP contribution in [-0.2, 0) is 10.3 Å². The first-order valence-corrected chi connectivity index (χ1v) is 10.0. The number of pyridine rings is 1. The molecule has 0 radical (unpaired) electrons. The topological polar surface area (TPSA) is 143 Å².